The fraction of sp³-hybridized carbons (Fsp3) is 0.467. The second-order valence-electron chi connectivity index (χ2n) is 4.82. The zero-order valence-electron chi connectivity index (χ0n) is 12.0. The normalized spacial score (nSPS) is 10.8. The molecule has 0 spiro atoms. The molecule has 1 N–H and O–H groups in total. The van der Waals surface area contributed by atoms with Crippen molar-refractivity contribution < 1.29 is 9.84 Å². The quantitative estimate of drug-likeness (QED) is 0.787. The van der Waals surface area contributed by atoms with Gasteiger partial charge in [-0.3, -0.25) is 0 Å². The number of ether oxygens (including phenoxy) is 1. The van der Waals surface area contributed by atoms with Crippen LogP contribution < -0.4 is 4.74 Å². The lowest BCUT2D eigenvalue weighted by molar-refractivity contribution is 0.275. The molecule has 1 aromatic carbocycles. The van der Waals surface area contributed by atoms with Crippen molar-refractivity contribution >= 4 is 0 Å². The van der Waals surface area contributed by atoms with E-state index in [0.29, 0.717) is 12.3 Å². The van der Waals surface area contributed by atoms with E-state index in [-0.39, 0.29) is 6.61 Å². The first-order valence-electron chi connectivity index (χ1n) is 6.90. The van der Waals surface area contributed by atoms with Crippen LogP contribution in [-0.2, 0) is 13.2 Å². The predicted octanol–water partition coefficient (Wildman–Crippen LogP) is 2.25. The van der Waals surface area contributed by atoms with Gasteiger partial charge in [-0.25, -0.2) is 4.68 Å². The summed E-state index contributed by atoms with van der Waals surface area (Å²) in [5.74, 6) is 0.951. The third-order valence-electron chi connectivity index (χ3n) is 3.34. The van der Waals surface area contributed by atoms with E-state index in [1.165, 1.54) is 0 Å². The molecule has 2 aromatic rings. The van der Waals surface area contributed by atoms with Crippen LogP contribution in [0.3, 0.4) is 0 Å². The Morgan fingerprint density at radius 2 is 2.00 bits per heavy atom. The van der Waals surface area contributed by atoms with Crippen molar-refractivity contribution in [1.82, 2.24) is 15.0 Å². The Balaban J connectivity index is 1.72. The van der Waals surface area contributed by atoms with Gasteiger partial charge in [0.25, 0.3) is 0 Å². The minimum absolute atomic E-state index is 0.0533. The van der Waals surface area contributed by atoms with E-state index in [9.17, 15) is 0 Å². The van der Waals surface area contributed by atoms with Crippen LogP contribution in [0.1, 0.15) is 29.8 Å². The number of aliphatic hydroxyl groups excluding tert-OH is 1. The summed E-state index contributed by atoms with van der Waals surface area (Å²) < 4.78 is 7.58. The summed E-state index contributed by atoms with van der Waals surface area (Å²) in [5, 5.41) is 17.0. The fourth-order valence-corrected chi connectivity index (χ4v) is 2.02. The van der Waals surface area contributed by atoms with Gasteiger partial charge < -0.3 is 9.84 Å². The molecule has 5 nitrogen and oxygen atoms in total. The van der Waals surface area contributed by atoms with E-state index >= 15 is 0 Å². The highest BCUT2D eigenvalue weighted by atomic mass is 16.5. The Labute approximate surface area is 119 Å². The highest BCUT2D eigenvalue weighted by molar-refractivity contribution is 5.31. The van der Waals surface area contributed by atoms with E-state index in [2.05, 4.69) is 10.3 Å². The molecule has 0 aliphatic carbocycles. The van der Waals surface area contributed by atoms with Crippen LogP contribution in [0.5, 0.6) is 5.75 Å². The molecule has 20 heavy (non-hydrogen) atoms. The number of para-hydroxylation sites is 1. The number of aliphatic hydroxyl groups is 1. The topological polar surface area (TPSA) is 60.2 Å². The molecule has 0 saturated carbocycles. The number of aromatic nitrogens is 3. The SMILES string of the molecule is Cc1ccccc1OCCCCn1nnc(CO)c1C. The minimum atomic E-state index is -0.0533. The van der Waals surface area contributed by atoms with Gasteiger partial charge in [0.15, 0.2) is 0 Å². The largest absolute Gasteiger partial charge is 0.493 e. The second-order valence-corrected chi connectivity index (χ2v) is 4.82. The molecule has 5 heteroatoms. The number of nitrogens with zero attached hydrogens (tertiary/aromatic N) is 3. The molecule has 0 radical (unpaired) electrons. The molecular weight excluding hydrogens is 254 g/mol. The molecule has 0 aliphatic heterocycles. The van der Waals surface area contributed by atoms with Crippen molar-refractivity contribution in [2.75, 3.05) is 6.61 Å². The molecule has 0 aliphatic rings. The second kappa shape index (κ2) is 7.05. The number of hydrogen-bond donors (Lipinski definition) is 1. The first kappa shape index (κ1) is 14.5. The lowest BCUT2D eigenvalue weighted by Gasteiger charge is -2.08. The Morgan fingerprint density at radius 3 is 2.70 bits per heavy atom. The number of rotatable bonds is 7. The van der Waals surface area contributed by atoms with Crippen LogP contribution >= 0.6 is 0 Å². The highest BCUT2D eigenvalue weighted by Crippen LogP contribution is 2.16. The lowest BCUT2D eigenvalue weighted by Crippen LogP contribution is -2.06. The minimum Gasteiger partial charge on any atom is -0.493 e. The van der Waals surface area contributed by atoms with Crippen molar-refractivity contribution in [2.24, 2.45) is 0 Å². The Morgan fingerprint density at radius 1 is 1.20 bits per heavy atom. The van der Waals surface area contributed by atoms with Gasteiger partial charge in [0.1, 0.15) is 11.4 Å². The van der Waals surface area contributed by atoms with Gasteiger partial charge >= 0.3 is 0 Å². The van der Waals surface area contributed by atoms with Gasteiger partial charge in [-0.05, 0) is 38.3 Å². The molecule has 0 bridgehead atoms. The third-order valence-corrected chi connectivity index (χ3v) is 3.34. The van der Waals surface area contributed by atoms with Crippen molar-refractivity contribution in [1.29, 1.82) is 0 Å². The number of aryl methyl sites for hydroxylation is 2. The first-order valence-corrected chi connectivity index (χ1v) is 6.90. The van der Waals surface area contributed by atoms with Crippen LogP contribution in [0.25, 0.3) is 0 Å². The third kappa shape index (κ3) is 3.57. The Bertz CT molecular complexity index is 552. The number of hydrogen-bond acceptors (Lipinski definition) is 4. The maximum absolute atomic E-state index is 9.06. The van der Waals surface area contributed by atoms with Crippen LogP contribution in [0.2, 0.25) is 0 Å². The Kier molecular flexibility index (Phi) is 5.12. The summed E-state index contributed by atoms with van der Waals surface area (Å²) in [5.41, 5.74) is 2.75. The molecule has 1 heterocycles. The van der Waals surface area contributed by atoms with Gasteiger partial charge in [-0.15, -0.1) is 5.10 Å². The van der Waals surface area contributed by atoms with Crippen LogP contribution in [0.4, 0.5) is 0 Å². The molecule has 0 saturated heterocycles. The standard InChI is InChI=1S/C15H21N3O2/c1-12-7-3-4-8-15(12)20-10-6-5-9-18-13(2)14(11-19)16-17-18/h3-4,7-8,19H,5-6,9-11H2,1-2H3. The Hall–Kier alpha value is -1.88. The lowest BCUT2D eigenvalue weighted by atomic mass is 10.2. The predicted molar refractivity (Wildman–Crippen MR) is 76.6 cm³/mol. The summed E-state index contributed by atoms with van der Waals surface area (Å²) in [4.78, 5) is 0. The van der Waals surface area contributed by atoms with E-state index in [1.54, 1.807) is 0 Å². The van der Waals surface area contributed by atoms with Gasteiger partial charge in [-0.2, -0.15) is 0 Å². The van der Waals surface area contributed by atoms with Crippen molar-refractivity contribution in [3.05, 3.63) is 41.2 Å². The summed E-state index contributed by atoms with van der Waals surface area (Å²) >= 11 is 0. The molecule has 0 amide bonds. The van der Waals surface area contributed by atoms with Crippen LogP contribution in [0.15, 0.2) is 24.3 Å². The van der Waals surface area contributed by atoms with Crippen molar-refractivity contribution in [3.8, 4) is 5.75 Å². The van der Waals surface area contributed by atoms with Gasteiger partial charge in [0.2, 0.25) is 0 Å². The summed E-state index contributed by atoms with van der Waals surface area (Å²) in [6.07, 6.45) is 1.93. The summed E-state index contributed by atoms with van der Waals surface area (Å²) in [6.45, 7) is 5.42. The van der Waals surface area contributed by atoms with Crippen molar-refractivity contribution in [3.63, 3.8) is 0 Å². The zero-order chi connectivity index (χ0) is 14.4. The fourth-order valence-electron chi connectivity index (χ4n) is 2.02. The molecule has 0 fully saturated rings. The highest BCUT2D eigenvalue weighted by Gasteiger charge is 2.06. The van der Waals surface area contributed by atoms with Crippen LogP contribution in [0, 0.1) is 13.8 Å². The average Bonchev–Trinajstić information content (AvgIpc) is 2.81. The van der Waals surface area contributed by atoms with E-state index in [4.69, 9.17) is 9.84 Å². The summed E-state index contributed by atoms with van der Waals surface area (Å²) in [6, 6.07) is 8.03. The smallest absolute Gasteiger partial charge is 0.122 e. The van der Waals surface area contributed by atoms with Gasteiger partial charge in [0, 0.05) is 6.54 Å². The number of unbranched alkanes of at least 4 members (excludes halogenated alkanes) is 1. The summed E-state index contributed by atoms with van der Waals surface area (Å²) in [7, 11) is 0. The van der Waals surface area contributed by atoms with E-state index < -0.39 is 0 Å². The van der Waals surface area contributed by atoms with Crippen molar-refractivity contribution in [2.45, 2.75) is 39.8 Å². The molecular formula is C15H21N3O2. The average molecular weight is 275 g/mol. The molecule has 0 unspecified atom stereocenters. The zero-order valence-corrected chi connectivity index (χ0v) is 12.0. The monoisotopic (exact) mass is 275 g/mol. The van der Waals surface area contributed by atoms with E-state index in [1.807, 2.05) is 42.8 Å². The molecule has 0 atom stereocenters. The maximum Gasteiger partial charge on any atom is 0.122 e. The molecule has 1 aromatic heterocycles. The van der Waals surface area contributed by atoms with Gasteiger partial charge in [0.05, 0.1) is 18.9 Å². The van der Waals surface area contributed by atoms with E-state index in [0.717, 1.165) is 36.4 Å². The molecule has 2 rings (SSSR count). The number of benzene rings is 1. The van der Waals surface area contributed by atoms with Gasteiger partial charge in [-0.1, -0.05) is 23.4 Å². The first-order chi connectivity index (χ1) is 9.72. The maximum atomic E-state index is 9.06. The molecule has 108 valence electrons. The van der Waals surface area contributed by atoms with Crippen LogP contribution in [-0.4, -0.2) is 26.7 Å².